The van der Waals surface area contributed by atoms with E-state index in [0.29, 0.717) is 19.7 Å². The third-order valence-corrected chi connectivity index (χ3v) is 2.89. The highest BCUT2D eigenvalue weighted by Crippen LogP contribution is 2.11. The molecule has 2 rings (SSSR count). The first-order valence-corrected chi connectivity index (χ1v) is 6.90. The number of hydrogen-bond acceptors (Lipinski definition) is 3. The Balaban J connectivity index is 1.73. The minimum atomic E-state index is -0.194. The molecule has 0 fully saturated rings. The molecule has 0 aliphatic heterocycles. The largest absolute Gasteiger partial charge is 0.494 e. The molecule has 1 aromatic heterocycles. The van der Waals surface area contributed by atoms with Gasteiger partial charge < -0.3 is 15.4 Å². The van der Waals surface area contributed by atoms with Gasteiger partial charge >= 0.3 is 6.03 Å². The van der Waals surface area contributed by atoms with Crippen molar-refractivity contribution in [3.05, 3.63) is 59.9 Å². The first kappa shape index (κ1) is 14.8. The van der Waals surface area contributed by atoms with Gasteiger partial charge in [0.15, 0.2) is 0 Å². The van der Waals surface area contributed by atoms with Gasteiger partial charge in [0.05, 0.1) is 6.61 Å². The van der Waals surface area contributed by atoms with E-state index < -0.39 is 0 Å². The van der Waals surface area contributed by atoms with E-state index in [1.807, 2.05) is 43.3 Å². The number of pyridine rings is 1. The zero-order chi connectivity index (χ0) is 14.9. The predicted octanol–water partition coefficient (Wildman–Crippen LogP) is 2.48. The van der Waals surface area contributed by atoms with E-state index in [-0.39, 0.29) is 6.03 Å². The van der Waals surface area contributed by atoms with Crippen LogP contribution in [0.2, 0.25) is 0 Å². The molecule has 0 atom stereocenters. The maximum atomic E-state index is 11.7. The Kier molecular flexibility index (Phi) is 5.58. The Morgan fingerprint density at radius 1 is 1.00 bits per heavy atom. The van der Waals surface area contributed by atoms with Crippen LogP contribution >= 0.6 is 0 Å². The number of nitrogens with zero attached hydrogens (tertiary/aromatic N) is 1. The van der Waals surface area contributed by atoms with Crippen LogP contribution in [0, 0.1) is 0 Å². The van der Waals surface area contributed by atoms with E-state index in [9.17, 15) is 4.79 Å². The predicted molar refractivity (Wildman–Crippen MR) is 80.9 cm³/mol. The van der Waals surface area contributed by atoms with Crippen molar-refractivity contribution in [2.75, 3.05) is 6.61 Å². The number of rotatable bonds is 6. The van der Waals surface area contributed by atoms with E-state index in [0.717, 1.165) is 16.9 Å². The fourth-order valence-corrected chi connectivity index (χ4v) is 1.80. The Labute approximate surface area is 124 Å². The SMILES string of the molecule is CCOc1ccc(CNC(=O)NCc2ccncc2)cc1. The zero-order valence-corrected chi connectivity index (χ0v) is 12.0. The summed E-state index contributed by atoms with van der Waals surface area (Å²) in [5, 5.41) is 5.61. The number of nitrogens with one attached hydrogen (secondary N) is 2. The molecule has 1 heterocycles. The Hall–Kier alpha value is -2.56. The lowest BCUT2D eigenvalue weighted by Crippen LogP contribution is -2.34. The van der Waals surface area contributed by atoms with Crippen LogP contribution in [0.1, 0.15) is 18.1 Å². The van der Waals surface area contributed by atoms with Crippen LogP contribution in [-0.4, -0.2) is 17.6 Å². The molecule has 0 bridgehead atoms. The molecule has 110 valence electrons. The number of benzene rings is 1. The van der Waals surface area contributed by atoms with Crippen molar-refractivity contribution < 1.29 is 9.53 Å². The summed E-state index contributed by atoms with van der Waals surface area (Å²) in [5.74, 6) is 0.836. The summed E-state index contributed by atoms with van der Waals surface area (Å²) in [6, 6.07) is 11.2. The van der Waals surface area contributed by atoms with E-state index in [2.05, 4.69) is 15.6 Å². The number of carbonyl (C=O) groups is 1. The molecule has 0 radical (unpaired) electrons. The van der Waals surface area contributed by atoms with Gasteiger partial charge in [0.2, 0.25) is 0 Å². The van der Waals surface area contributed by atoms with Gasteiger partial charge in [-0.05, 0) is 42.3 Å². The molecule has 2 N–H and O–H groups in total. The number of carbonyl (C=O) groups excluding carboxylic acids is 1. The first-order valence-electron chi connectivity index (χ1n) is 6.90. The Morgan fingerprint density at radius 2 is 1.57 bits per heavy atom. The van der Waals surface area contributed by atoms with Crippen LogP contribution in [0.4, 0.5) is 4.79 Å². The summed E-state index contributed by atoms with van der Waals surface area (Å²) >= 11 is 0. The molecule has 5 heteroatoms. The molecule has 2 aromatic rings. The molecule has 0 aliphatic rings. The van der Waals surface area contributed by atoms with E-state index >= 15 is 0 Å². The van der Waals surface area contributed by atoms with Gasteiger partial charge in [-0.25, -0.2) is 4.79 Å². The van der Waals surface area contributed by atoms with E-state index in [4.69, 9.17) is 4.74 Å². The second-order valence-electron chi connectivity index (χ2n) is 4.47. The lowest BCUT2D eigenvalue weighted by Gasteiger charge is -2.08. The highest BCUT2D eigenvalue weighted by Gasteiger charge is 2.01. The average Bonchev–Trinajstić information content (AvgIpc) is 2.53. The van der Waals surface area contributed by atoms with Crippen LogP contribution in [0.5, 0.6) is 5.75 Å². The minimum Gasteiger partial charge on any atom is -0.494 e. The maximum absolute atomic E-state index is 11.7. The summed E-state index contributed by atoms with van der Waals surface area (Å²) in [6.07, 6.45) is 3.41. The number of urea groups is 1. The molecular weight excluding hydrogens is 266 g/mol. The quantitative estimate of drug-likeness (QED) is 0.857. The topological polar surface area (TPSA) is 63.2 Å². The van der Waals surface area contributed by atoms with Crippen LogP contribution in [0.15, 0.2) is 48.8 Å². The molecule has 0 saturated heterocycles. The molecule has 1 aromatic carbocycles. The zero-order valence-electron chi connectivity index (χ0n) is 12.0. The number of amides is 2. The lowest BCUT2D eigenvalue weighted by molar-refractivity contribution is 0.240. The summed E-state index contributed by atoms with van der Waals surface area (Å²) in [4.78, 5) is 15.6. The highest BCUT2D eigenvalue weighted by atomic mass is 16.5. The second-order valence-corrected chi connectivity index (χ2v) is 4.47. The van der Waals surface area contributed by atoms with Gasteiger partial charge in [-0.2, -0.15) is 0 Å². The van der Waals surface area contributed by atoms with Gasteiger partial charge in [0, 0.05) is 25.5 Å². The second kappa shape index (κ2) is 7.89. The number of ether oxygens (including phenoxy) is 1. The van der Waals surface area contributed by atoms with E-state index in [1.54, 1.807) is 12.4 Å². The first-order chi connectivity index (χ1) is 10.3. The third kappa shape index (κ3) is 5.14. The molecular formula is C16H19N3O2. The molecule has 0 saturated carbocycles. The van der Waals surface area contributed by atoms with Crippen molar-refractivity contribution in [2.45, 2.75) is 20.0 Å². The highest BCUT2D eigenvalue weighted by molar-refractivity contribution is 5.73. The van der Waals surface area contributed by atoms with Crippen molar-refractivity contribution in [1.29, 1.82) is 0 Å². The normalized spacial score (nSPS) is 9.95. The Bertz CT molecular complexity index is 555. The van der Waals surface area contributed by atoms with Gasteiger partial charge in [0.1, 0.15) is 5.75 Å². The minimum absolute atomic E-state index is 0.194. The standard InChI is InChI=1S/C16H19N3O2/c1-2-21-15-5-3-13(4-6-15)11-18-16(20)19-12-14-7-9-17-10-8-14/h3-10H,2,11-12H2,1H3,(H2,18,19,20). The van der Waals surface area contributed by atoms with Crippen LogP contribution in [0.3, 0.4) is 0 Å². The Morgan fingerprint density at radius 3 is 2.14 bits per heavy atom. The van der Waals surface area contributed by atoms with Crippen molar-refractivity contribution in [3.8, 4) is 5.75 Å². The van der Waals surface area contributed by atoms with Crippen molar-refractivity contribution >= 4 is 6.03 Å². The lowest BCUT2D eigenvalue weighted by atomic mass is 10.2. The van der Waals surface area contributed by atoms with E-state index in [1.165, 1.54) is 0 Å². The third-order valence-electron chi connectivity index (χ3n) is 2.89. The van der Waals surface area contributed by atoms with Gasteiger partial charge in [-0.3, -0.25) is 4.98 Å². The number of aromatic nitrogens is 1. The van der Waals surface area contributed by atoms with Gasteiger partial charge in [0.25, 0.3) is 0 Å². The molecule has 2 amide bonds. The van der Waals surface area contributed by atoms with Gasteiger partial charge in [-0.1, -0.05) is 12.1 Å². The van der Waals surface area contributed by atoms with Crippen molar-refractivity contribution in [1.82, 2.24) is 15.6 Å². The van der Waals surface area contributed by atoms with Crippen LogP contribution in [0.25, 0.3) is 0 Å². The summed E-state index contributed by atoms with van der Waals surface area (Å²) < 4.78 is 5.37. The van der Waals surface area contributed by atoms with Gasteiger partial charge in [-0.15, -0.1) is 0 Å². The van der Waals surface area contributed by atoms with Crippen molar-refractivity contribution in [3.63, 3.8) is 0 Å². The monoisotopic (exact) mass is 285 g/mol. The summed E-state index contributed by atoms with van der Waals surface area (Å²) in [5.41, 5.74) is 2.04. The molecule has 21 heavy (non-hydrogen) atoms. The fourth-order valence-electron chi connectivity index (χ4n) is 1.80. The van der Waals surface area contributed by atoms with Crippen molar-refractivity contribution in [2.24, 2.45) is 0 Å². The summed E-state index contributed by atoms with van der Waals surface area (Å²) in [7, 11) is 0. The molecule has 5 nitrogen and oxygen atoms in total. The van der Waals surface area contributed by atoms with Crippen LogP contribution in [-0.2, 0) is 13.1 Å². The molecule has 0 unspecified atom stereocenters. The molecule has 0 spiro atoms. The average molecular weight is 285 g/mol. The number of hydrogen-bond donors (Lipinski definition) is 2. The summed E-state index contributed by atoms with van der Waals surface area (Å²) in [6.45, 7) is 3.56. The maximum Gasteiger partial charge on any atom is 0.315 e. The van der Waals surface area contributed by atoms with Crippen LogP contribution < -0.4 is 15.4 Å². The fraction of sp³-hybridized carbons (Fsp3) is 0.250. The molecule has 0 aliphatic carbocycles. The smallest absolute Gasteiger partial charge is 0.315 e.